The number of hydrogen-bond donors (Lipinski definition) is 0. The highest BCUT2D eigenvalue weighted by atomic mass is 15.1. The van der Waals surface area contributed by atoms with Gasteiger partial charge in [-0.05, 0) is 19.3 Å². The molecule has 0 saturated carbocycles. The van der Waals surface area contributed by atoms with Crippen LogP contribution in [0.3, 0.4) is 0 Å². The monoisotopic (exact) mass is 386 g/mol. The first-order valence-corrected chi connectivity index (χ1v) is 11.8. The van der Waals surface area contributed by atoms with Crippen LogP contribution in [-0.4, -0.2) is 19.1 Å². The van der Waals surface area contributed by atoms with Gasteiger partial charge in [-0.2, -0.15) is 0 Å². The molecule has 28 heavy (non-hydrogen) atoms. The number of aromatic nitrogens is 4. The Morgan fingerprint density at radius 3 is 1.79 bits per heavy atom. The molecule has 0 amide bonds. The summed E-state index contributed by atoms with van der Waals surface area (Å²) in [6, 6.07) is 0.592. The lowest BCUT2D eigenvalue weighted by Crippen LogP contribution is -2.09. The molecular weight excluding hydrogens is 344 g/mol. The summed E-state index contributed by atoms with van der Waals surface area (Å²) in [5, 5.41) is 0. The zero-order chi connectivity index (χ0) is 19.7. The van der Waals surface area contributed by atoms with Crippen LogP contribution in [0.4, 0.5) is 0 Å². The molecule has 158 valence electrons. The first kappa shape index (κ1) is 22.7. The van der Waals surface area contributed by atoms with E-state index in [-0.39, 0.29) is 0 Å². The summed E-state index contributed by atoms with van der Waals surface area (Å²) in [5.41, 5.74) is 0. The summed E-state index contributed by atoms with van der Waals surface area (Å²) < 4.78 is 4.49. The maximum Gasteiger partial charge on any atom is 0.0948 e. The Bertz CT molecular complexity index is 547. The summed E-state index contributed by atoms with van der Waals surface area (Å²) in [6.45, 7) is 3.35. The molecule has 0 aliphatic rings. The molecule has 0 radical (unpaired) electrons. The van der Waals surface area contributed by atoms with E-state index in [0.717, 1.165) is 6.54 Å². The summed E-state index contributed by atoms with van der Waals surface area (Å²) in [7, 11) is 0. The average Bonchev–Trinajstić information content (AvgIpc) is 3.41. The van der Waals surface area contributed by atoms with Crippen molar-refractivity contribution in [2.75, 3.05) is 0 Å². The van der Waals surface area contributed by atoms with Crippen molar-refractivity contribution in [3.63, 3.8) is 0 Å². The summed E-state index contributed by atoms with van der Waals surface area (Å²) in [6.07, 6.45) is 32.5. The minimum atomic E-state index is 0.592. The molecule has 0 bridgehead atoms. The van der Waals surface area contributed by atoms with Crippen molar-refractivity contribution in [1.82, 2.24) is 19.1 Å². The van der Waals surface area contributed by atoms with Crippen LogP contribution in [0.2, 0.25) is 0 Å². The fourth-order valence-corrected chi connectivity index (χ4v) is 4.08. The third-order valence-electron chi connectivity index (χ3n) is 5.85. The van der Waals surface area contributed by atoms with Gasteiger partial charge < -0.3 is 9.13 Å². The summed E-state index contributed by atoms with van der Waals surface area (Å²) in [5.74, 6) is 0. The molecule has 2 aromatic heterocycles. The Labute approximate surface area is 172 Å². The van der Waals surface area contributed by atoms with Gasteiger partial charge in [0.15, 0.2) is 0 Å². The molecule has 4 nitrogen and oxygen atoms in total. The zero-order valence-corrected chi connectivity index (χ0v) is 18.1. The van der Waals surface area contributed by atoms with E-state index in [1.807, 2.05) is 25.0 Å². The molecule has 0 spiro atoms. The second kappa shape index (κ2) is 15.4. The fraction of sp³-hybridized carbons (Fsp3) is 0.750. The minimum absolute atomic E-state index is 0.592. The van der Waals surface area contributed by atoms with E-state index in [4.69, 9.17) is 0 Å². The number of aryl methyl sites for hydroxylation is 1. The highest BCUT2D eigenvalue weighted by Gasteiger charge is 2.10. The maximum absolute atomic E-state index is 4.26. The topological polar surface area (TPSA) is 35.6 Å². The van der Waals surface area contributed by atoms with Gasteiger partial charge in [0.2, 0.25) is 0 Å². The van der Waals surface area contributed by atoms with Crippen molar-refractivity contribution in [3.05, 3.63) is 37.4 Å². The van der Waals surface area contributed by atoms with E-state index >= 15 is 0 Å². The number of rotatable bonds is 18. The van der Waals surface area contributed by atoms with Gasteiger partial charge >= 0.3 is 0 Å². The van der Waals surface area contributed by atoms with E-state index in [0.29, 0.717) is 6.04 Å². The Morgan fingerprint density at radius 2 is 1.21 bits per heavy atom. The molecule has 1 unspecified atom stereocenters. The van der Waals surface area contributed by atoms with E-state index in [1.165, 1.54) is 96.3 Å². The molecule has 2 heterocycles. The lowest BCUT2D eigenvalue weighted by atomic mass is 10.0. The SMILES string of the molecule is CCCCCCCCCCCCCCC(CCCn1ccnc1)n1ccnc1. The Morgan fingerprint density at radius 1 is 0.643 bits per heavy atom. The van der Waals surface area contributed by atoms with Gasteiger partial charge in [-0.3, -0.25) is 0 Å². The molecule has 2 rings (SSSR count). The summed E-state index contributed by atoms with van der Waals surface area (Å²) >= 11 is 0. The standard InChI is InChI=1S/C24H42N4/c1-2-3-4-5-6-7-8-9-10-11-12-13-15-24(28-21-18-26-23-28)16-14-19-27-20-17-25-22-27/h17-18,20-24H,2-16,19H2,1H3. The lowest BCUT2D eigenvalue weighted by Gasteiger charge is -2.18. The Hall–Kier alpha value is -1.58. The van der Waals surface area contributed by atoms with Gasteiger partial charge in [-0.15, -0.1) is 0 Å². The molecule has 2 aromatic rings. The quantitative estimate of drug-likeness (QED) is 0.254. The van der Waals surface area contributed by atoms with Crippen molar-refractivity contribution in [3.8, 4) is 0 Å². The van der Waals surface area contributed by atoms with Gasteiger partial charge in [0, 0.05) is 37.4 Å². The highest BCUT2D eigenvalue weighted by Crippen LogP contribution is 2.22. The van der Waals surface area contributed by atoms with Crippen LogP contribution in [0, 0.1) is 0 Å². The van der Waals surface area contributed by atoms with E-state index in [9.17, 15) is 0 Å². The van der Waals surface area contributed by atoms with Crippen LogP contribution < -0.4 is 0 Å². The molecule has 0 N–H and O–H groups in total. The molecule has 0 fully saturated rings. The van der Waals surface area contributed by atoms with Crippen LogP contribution >= 0.6 is 0 Å². The van der Waals surface area contributed by atoms with E-state index in [1.54, 1.807) is 0 Å². The predicted molar refractivity (Wildman–Crippen MR) is 118 cm³/mol. The van der Waals surface area contributed by atoms with Gasteiger partial charge in [0.05, 0.1) is 12.7 Å². The van der Waals surface area contributed by atoms with E-state index < -0.39 is 0 Å². The number of hydrogen-bond acceptors (Lipinski definition) is 2. The lowest BCUT2D eigenvalue weighted by molar-refractivity contribution is 0.391. The molecule has 0 aliphatic heterocycles. The van der Waals surface area contributed by atoms with Crippen molar-refractivity contribution in [2.24, 2.45) is 0 Å². The predicted octanol–water partition coefficient (Wildman–Crippen LogP) is 7.19. The van der Waals surface area contributed by atoms with Crippen LogP contribution in [-0.2, 0) is 6.54 Å². The van der Waals surface area contributed by atoms with Gasteiger partial charge in [-0.25, -0.2) is 9.97 Å². The average molecular weight is 387 g/mol. The van der Waals surface area contributed by atoms with Gasteiger partial charge in [0.25, 0.3) is 0 Å². The molecule has 1 atom stereocenters. The Kier molecular flexibility index (Phi) is 12.5. The van der Waals surface area contributed by atoms with Crippen molar-refractivity contribution < 1.29 is 0 Å². The van der Waals surface area contributed by atoms with Crippen LogP contribution in [0.15, 0.2) is 37.4 Å². The van der Waals surface area contributed by atoms with Gasteiger partial charge in [-0.1, -0.05) is 84.0 Å². The van der Waals surface area contributed by atoms with Crippen LogP contribution in [0.1, 0.15) is 109 Å². The maximum atomic E-state index is 4.26. The van der Waals surface area contributed by atoms with Crippen molar-refractivity contribution in [2.45, 2.75) is 116 Å². The van der Waals surface area contributed by atoms with Gasteiger partial charge in [0.1, 0.15) is 0 Å². The number of unbranched alkanes of at least 4 members (excludes halogenated alkanes) is 11. The van der Waals surface area contributed by atoms with Crippen LogP contribution in [0.5, 0.6) is 0 Å². The Balaban J connectivity index is 1.49. The van der Waals surface area contributed by atoms with Crippen LogP contribution in [0.25, 0.3) is 0 Å². The third kappa shape index (κ3) is 10.1. The fourth-order valence-electron chi connectivity index (χ4n) is 4.08. The first-order chi connectivity index (χ1) is 13.9. The molecule has 4 heteroatoms. The number of imidazole rings is 2. The normalized spacial score (nSPS) is 12.5. The molecular formula is C24H42N4. The van der Waals surface area contributed by atoms with E-state index in [2.05, 4.69) is 38.4 Å². The minimum Gasteiger partial charge on any atom is -0.337 e. The number of nitrogens with zero attached hydrogens (tertiary/aromatic N) is 4. The largest absolute Gasteiger partial charge is 0.337 e. The first-order valence-electron chi connectivity index (χ1n) is 11.8. The highest BCUT2D eigenvalue weighted by molar-refractivity contribution is 4.81. The summed E-state index contributed by atoms with van der Waals surface area (Å²) in [4.78, 5) is 8.39. The molecule has 0 aliphatic carbocycles. The molecule has 0 aromatic carbocycles. The smallest absolute Gasteiger partial charge is 0.0948 e. The third-order valence-corrected chi connectivity index (χ3v) is 5.85. The second-order valence-electron chi connectivity index (χ2n) is 8.28. The second-order valence-corrected chi connectivity index (χ2v) is 8.28. The van der Waals surface area contributed by atoms with Crippen molar-refractivity contribution >= 4 is 0 Å². The van der Waals surface area contributed by atoms with Crippen molar-refractivity contribution in [1.29, 1.82) is 0 Å². The molecule has 0 saturated heterocycles. The zero-order valence-electron chi connectivity index (χ0n) is 18.1.